The minimum absolute atomic E-state index is 0.136. The van der Waals surface area contributed by atoms with Gasteiger partial charge in [0.2, 0.25) is 5.91 Å². The van der Waals surface area contributed by atoms with E-state index in [1.807, 2.05) is 25.3 Å². The first-order valence-corrected chi connectivity index (χ1v) is 12.2. The lowest BCUT2D eigenvalue weighted by molar-refractivity contribution is -0.115. The van der Waals surface area contributed by atoms with Crippen molar-refractivity contribution in [1.82, 2.24) is 29.4 Å². The average Bonchev–Trinajstić information content (AvgIpc) is 3.42. The third-order valence-corrected chi connectivity index (χ3v) is 6.70. The molecular formula is C23H30FN7OS. The first-order chi connectivity index (χ1) is 15.9. The van der Waals surface area contributed by atoms with Gasteiger partial charge in [0.15, 0.2) is 11.0 Å². The molecule has 0 radical (unpaired) electrons. The molecule has 2 aromatic heterocycles. The summed E-state index contributed by atoms with van der Waals surface area (Å²) in [6.45, 7) is 8.58. The third kappa shape index (κ3) is 5.62. The Bertz CT molecular complexity index is 1070. The number of rotatable bonds is 8. The van der Waals surface area contributed by atoms with Crippen molar-refractivity contribution in [1.29, 1.82) is 0 Å². The molecule has 1 N–H and O–H groups in total. The van der Waals surface area contributed by atoms with E-state index in [1.54, 1.807) is 29.1 Å². The topological polar surface area (TPSA) is 80.9 Å². The van der Waals surface area contributed by atoms with Crippen LogP contribution in [0.15, 0.2) is 41.7 Å². The monoisotopic (exact) mass is 471 g/mol. The second-order valence-corrected chi connectivity index (χ2v) is 9.86. The lowest BCUT2D eigenvalue weighted by Gasteiger charge is -2.26. The molecule has 1 aliphatic heterocycles. The number of likely N-dealkylation sites (tertiary alicyclic amines) is 1. The van der Waals surface area contributed by atoms with Gasteiger partial charge in [-0.25, -0.2) is 9.07 Å². The molecule has 10 heteroatoms. The van der Waals surface area contributed by atoms with Gasteiger partial charge in [-0.05, 0) is 71.0 Å². The zero-order valence-electron chi connectivity index (χ0n) is 19.2. The Labute approximate surface area is 197 Å². The van der Waals surface area contributed by atoms with Crippen molar-refractivity contribution in [2.24, 2.45) is 0 Å². The molecular weight excluding hydrogens is 441 g/mol. The Hall–Kier alpha value is -2.72. The number of nitrogens with zero attached hydrogens (tertiary/aromatic N) is 6. The maximum Gasteiger partial charge on any atom is 0.238 e. The fourth-order valence-corrected chi connectivity index (χ4v) is 4.80. The molecule has 3 heterocycles. The third-order valence-electron chi connectivity index (χ3n) is 5.66. The molecule has 0 bridgehead atoms. The number of nitrogens with one attached hydrogen (secondary N) is 1. The SMILES string of the molecule is CC(Sc1nnc(CN2CCCCC2)n1-c1ccc(F)cc1)C(=O)Nc1ccnn1C(C)C. The average molecular weight is 472 g/mol. The normalized spacial score (nSPS) is 15.7. The predicted molar refractivity (Wildman–Crippen MR) is 127 cm³/mol. The van der Waals surface area contributed by atoms with Gasteiger partial charge in [0, 0.05) is 17.8 Å². The first kappa shape index (κ1) is 23.4. The summed E-state index contributed by atoms with van der Waals surface area (Å²) in [5.41, 5.74) is 0.779. The van der Waals surface area contributed by atoms with Crippen molar-refractivity contribution in [2.45, 2.75) is 63.0 Å². The van der Waals surface area contributed by atoms with Gasteiger partial charge < -0.3 is 5.32 Å². The predicted octanol–water partition coefficient (Wildman–Crippen LogP) is 4.29. The van der Waals surface area contributed by atoms with Crippen LogP contribution >= 0.6 is 11.8 Å². The second-order valence-electron chi connectivity index (χ2n) is 8.55. The van der Waals surface area contributed by atoms with Crippen molar-refractivity contribution in [2.75, 3.05) is 18.4 Å². The number of hydrogen-bond donors (Lipinski definition) is 1. The van der Waals surface area contributed by atoms with E-state index >= 15 is 0 Å². The fraction of sp³-hybridized carbons (Fsp3) is 0.478. The molecule has 3 aromatic rings. The number of aromatic nitrogens is 5. The minimum Gasteiger partial charge on any atom is -0.310 e. The Morgan fingerprint density at radius 1 is 1.09 bits per heavy atom. The number of amides is 1. The zero-order chi connectivity index (χ0) is 23.4. The summed E-state index contributed by atoms with van der Waals surface area (Å²) in [6, 6.07) is 8.21. The Morgan fingerprint density at radius 3 is 2.52 bits per heavy atom. The zero-order valence-corrected chi connectivity index (χ0v) is 20.1. The summed E-state index contributed by atoms with van der Waals surface area (Å²) in [5.74, 6) is 1.01. The standard InChI is InChI=1S/C23H30FN7OS/c1-16(2)31-20(11-12-25-31)26-22(32)17(3)33-23-28-27-21(15-29-13-5-4-6-14-29)30(23)19-9-7-18(24)8-10-19/h7-12,16-17H,4-6,13-15H2,1-3H3,(H,26,32). The van der Waals surface area contributed by atoms with E-state index in [0.29, 0.717) is 17.5 Å². The Kier molecular flexibility index (Phi) is 7.44. The van der Waals surface area contributed by atoms with E-state index in [4.69, 9.17) is 0 Å². The second kappa shape index (κ2) is 10.5. The molecule has 8 nitrogen and oxygen atoms in total. The van der Waals surface area contributed by atoms with Crippen molar-refractivity contribution in [3.05, 3.63) is 48.2 Å². The van der Waals surface area contributed by atoms with Gasteiger partial charge in [-0.15, -0.1) is 10.2 Å². The first-order valence-electron chi connectivity index (χ1n) is 11.4. The molecule has 1 saturated heterocycles. The summed E-state index contributed by atoms with van der Waals surface area (Å²) in [5, 5.41) is 16.3. The smallest absolute Gasteiger partial charge is 0.238 e. The van der Waals surface area contributed by atoms with Gasteiger partial charge in [0.1, 0.15) is 11.6 Å². The van der Waals surface area contributed by atoms with Crippen molar-refractivity contribution < 1.29 is 9.18 Å². The van der Waals surface area contributed by atoms with Crippen LogP contribution in [-0.2, 0) is 11.3 Å². The molecule has 4 rings (SSSR count). The van der Waals surface area contributed by atoms with E-state index in [1.165, 1.54) is 43.2 Å². The number of hydrogen-bond acceptors (Lipinski definition) is 6. The van der Waals surface area contributed by atoms with Gasteiger partial charge >= 0.3 is 0 Å². The number of carbonyl (C=O) groups excluding carboxylic acids is 1. The van der Waals surface area contributed by atoms with Gasteiger partial charge in [-0.2, -0.15) is 5.10 Å². The molecule has 0 saturated carbocycles. The van der Waals surface area contributed by atoms with Crippen molar-refractivity contribution in [3.8, 4) is 5.69 Å². The minimum atomic E-state index is -0.424. The van der Waals surface area contributed by atoms with Crippen LogP contribution in [0.4, 0.5) is 10.2 Å². The summed E-state index contributed by atoms with van der Waals surface area (Å²) < 4.78 is 17.3. The molecule has 33 heavy (non-hydrogen) atoms. The number of thioether (sulfide) groups is 1. The van der Waals surface area contributed by atoms with Crippen LogP contribution in [0.5, 0.6) is 0 Å². The van der Waals surface area contributed by atoms with Gasteiger partial charge in [-0.3, -0.25) is 14.3 Å². The van der Waals surface area contributed by atoms with Crippen LogP contribution < -0.4 is 5.32 Å². The largest absolute Gasteiger partial charge is 0.310 e. The van der Waals surface area contributed by atoms with Crippen LogP contribution in [0.2, 0.25) is 0 Å². The highest BCUT2D eigenvalue weighted by atomic mass is 32.2. The molecule has 1 aliphatic rings. The summed E-state index contributed by atoms with van der Waals surface area (Å²) in [6.07, 6.45) is 5.28. The molecule has 176 valence electrons. The van der Waals surface area contributed by atoms with Crippen LogP contribution in [0.1, 0.15) is 51.9 Å². The van der Waals surface area contributed by atoms with Crippen LogP contribution in [-0.4, -0.2) is 53.7 Å². The van der Waals surface area contributed by atoms with E-state index in [2.05, 4.69) is 25.5 Å². The quantitative estimate of drug-likeness (QED) is 0.494. The summed E-state index contributed by atoms with van der Waals surface area (Å²) in [4.78, 5) is 15.3. The van der Waals surface area contributed by atoms with Crippen molar-refractivity contribution >= 4 is 23.5 Å². The number of anilines is 1. The molecule has 0 spiro atoms. The lowest BCUT2D eigenvalue weighted by atomic mass is 10.1. The van der Waals surface area contributed by atoms with E-state index in [-0.39, 0.29) is 17.8 Å². The fourth-order valence-electron chi connectivity index (χ4n) is 3.91. The maximum absolute atomic E-state index is 13.6. The molecule has 1 amide bonds. The number of benzene rings is 1. The highest BCUT2D eigenvalue weighted by Gasteiger charge is 2.23. The molecule has 1 unspecified atom stereocenters. The molecule has 1 fully saturated rings. The van der Waals surface area contributed by atoms with Crippen LogP contribution in [0.3, 0.4) is 0 Å². The van der Waals surface area contributed by atoms with E-state index in [0.717, 1.165) is 24.6 Å². The summed E-state index contributed by atoms with van der Waals surface area (Å²) in [7, 11) is 0. The maximum atomic E-state index is 13.6. The highest BCUT2D eigenvalue weighted by molar-refractivity contribution is 8.00. The molecule has 1 atom stereocenters. The molecule has 1 aromatic carbocycles. The summed E-state index contributed by atoms with van der Waals surface area (Å²) >= 11 is 1.33. The van der Waals surface area contributed by atoms with E-state index < -0.39 is 5.25 Å². The highest BCUT2D eigenvalue weighted by Crippen LogP contribution is 2.28. The van der Waals surface area contributed by atoms with Gasteiger partial charge in [0.25, 0.3) is 0 Å². The van der Waals surface area contributed by atoms with Crippen LogP contribution in [0.25, 0.3) is 5.69 Å². The van der Waals surface area contributed by atoms with Crippen LogP contribution in [0, 0.1) is 5.82 Å². The van der Waals surface area contributed by atoms with E-state index in [9.17, 15) is 9.18 Å². The molecule has 0 aliphatic carbocycles. The number of carbonyl (C=O) groups is 1. The van der Waals surface area contributed by atoms with Crippen molar-refractivity contribution in [3.63, 3.8) is 0 Å². The van der Waals surface area contributed by atoms with Gasteiger partial charge in [-0.1, -0.05) is 18.2 Å². The Morgan fingerprint density at radius 2 is 1.82 bits per heavy atom. The number of halogens is 1. The Balaban J connectivity index is 1.55. The number of piperidine rings is 1. The lowest BCUT2D eigenvalue weighted by Crippen LogP contribution is -2.30. The van der Waals surface area contributed by atoms with Gasteiger partial charge in [0.05, 0.1) is 18.0 Å².